The first-order chi connectivity index (χ1) is 9.08. The van der Waals surface area contributed by atoms with Crippen molar-refractivity contribution in [2.75, 3.05) is 0 Å². The van der Waals surface area contributed by atoms with Gasteiger partial charge in [-0.2, -0.15) is 0 Å². The summed E-state index contributed by atoms with van der Waals surface area (Å²) >= 11 is 5.70. The van der Waals surface area contributed by atoms with Crippen LogP contribution in [0.3, 0.4) is 0 Å². The summed E-state index contributed by atoms with van der Waals surface area (Å²) in [5.74, 6) is -0.490. The normalized spacial score (nSPS) is 23.9. The van der Waals surface area contributed by atoms with Crippen LogP contribution in [0, 0.1) is 11.7 Å². The molecule has 4 heteroatoms. The van der Waals surface area contributed by atoms with Gasteiger partial charge in [0.2, 0.25) is 0 Å². The number of carbonyl (C=O) groups is 1. The highest BCUT2D eigenvalue weighted by Gasteiger charge is 2.27. The van der Waals surface area contributed by atoms with E-state index in [9.17, 15) is 9.18 Å². The summed E-state index contributed by atoms with van der Waals surface area (Å²) in [5.41, 5.74) is 6.47. The van der Waals surface area contributed by atoms with Crippen LogP contribution in [0.15, 0.2) is 18.2 Å². The molecule has 1 aromatic carbocycles. The van der Waals surface area contributed by atoms with Gasteiger partial charge in [-0.15, -0.1) is 0 Å². The molecule has 0 bridgehead atoms. The van der Waals surface area contributed by atoms with Crippen molar-refractivity contribution in [1.82, 2.24) is 0 Å². The smallest absolute Gasteiger partial charge is 0.141 e. The van der Waals surface area contributed by atoms with Crippen molar-refractivity contribution in [2.24, 2.45) is 11.7 Å². The zero-order chi connectivity index (χ0) is 13.8. The number of benzene rings is 1. The molecule has 104 valence electrons. The van der Waals surface area contributed by atoms with Crippen LogP contribution >= 0.6 is 11.6 Å². The number of carbonyl (C=O) groups excluding carboxylic acids is 1. The number of halogens is 2. The van der Waals surface area contributed by atoms with Crippen molar-refractivity contribution >= 4 is 17.4 Å². The second kappa shape index (κ2) is 6.49. The summed E-state index contributed by atoms with van der Waals surface area (Å²) in [7, 11) is 0. The van der Waals surface area contributed by atoms with Crippen LogP contribution in [0.2, 0.25) is 5.02 Å². The van der Waals surface area contributed by atoms with Crippen molar-refractivity contribution in [3.05, 3.63) is 34.6 Å². The Balaban J connectivity index is 2.07. The molecule has 2 unspecified atom stereocenters. The molecule has 1 saturated carbocycles. The Labute approximate surface area is 118 Å². The Kier molecular flexibility index (Phi) is 4.94. The first kappa shape index (κ1) is 14.5. The fourth-order valence-corrected chi connectivity index (χ4v) is 2.88. The average molecular weight is 284 g/mol. The van der Waals surface area contributed by atoms with E-state index >= 15 is 0 Å². The molecule has 1 aromatic rings. The van der Waals surface area contributed by atoms with Crippen LogP contribution in [-0.4, -0.2) is 11.8 Å². The first-order valence-electron chi connectivity index (χ1n) is 6.80. The van der Waals surface area contributed by atoms with Gasteiger partial charge in [0.25, 0.3) is 0 Å². The highest BCUT2D eigenvalue weighted by Crippen LogP contribution is 2.25. The lowest BCUT2D eigenvalue weighted by atomic mass is 9.88. The highest BCUT2D eigenvalue weighted by molar-refractivity contribution is 6.30. The summed E-state index contributed by atoms with van der Waals surface area (Å²) < 4.78 is 13.7. The fraction of sp³-hybridized carbons (Fsp3) is 0.533. The molecular weight excluding hydrogens is 265 g/mol. The van der Waals surface area contributed by atoms with Gasteiger partial charge in [-0.25, -0.2) is 4.39 Å². The highest BCUT2D eigenvalue weighted by atomic mass is 35.5. The van der Waals surface area contributed by atoms with Gasteiger partial charge in [0.1, 0.15) is 11.6 Å². The van der Waals surface area contributed by atoms with E-state index in [1.165, 1.54) is 6.07 Å². The molecule has 1 aliphatic rings. The molecule has 0 saturated heterocycles. The molecule has 19 heavy (non-hydrogen) atoms. The van der Waals surface area contributed by atoms with Crippen molar-refractivity contribution in [2.45, 2.75) is 44.6 Å². The zero-order valence-electron chi connectivity index (χ0n) is 10.9. The quantitative estimate of drug-likeness (QED) is 0.863. The Morgan fingerprint density at radius 2 is 2.05 bits per heavy atom. The van der Waals surface area contributed by atoms with E-state index in [0.717, 1.165) is 32.1 Å². The first-order valence-corrected chi connectivity index (χ1v) is 7.18. The molecule has 0 heterocycles. The molecule has 2 N–H and O–H groups in total. The summed E-state index contributed by atoms with van der Waals surface area (Å²) in [4.78, 5) is 12.3. The maximum absolute atomic E-state index is 13.7. The van der Waals surface area contributed by atoms with Gasteiger partial charge in [0.15, 0.2) is 0 Å². The van der Waals surface area contributed by atoms with Gasteiger partial charge in [0.05, 0.1) is 0 Å². The SMILES string of the molecule is NC1CCCCCC1C(=O)Cc1ccc(Cl)cc1F. The van der Waals surface area contributed by atoms with Gasteiger partial charge in [-0.05, 0) is 30.5 Å². The standard InChI is InChI=1S/C15H19ClFNO/c16-11-7-6-10(13(17)9-11)8-15(19)12-4-2-1-3-5-14(12)18/h6-7,9,12,14H,1-5,8,18H2. The fourth-order valence-electron chi connectivity index (χ4n) is 2.72. The van der Waals surface area contributed by atoms with Crippen LogP contribution in [-0.2, 0) is 11.2 Å². The van der Waals surface area contributed by atoms with Crippen LogP contribution in [0.1, 0.15) is 37.7 Å². The third-order valence-corrected chi connectivity index (χ3v) is 4.10. The van der Waals surface area contributed by atoms with Gasteiger partial charge < -0.3 is 5.73 Å². The maximum atomic E-state index is 13.7. The van der Waals surface area contributed by atoms with Crippen molar-refractivity contribution < 1.29 is 9.18 Å². The summed E-state index contributed by atoms with van der Waals surface area (Å²) in [6, 6.07) is 4.36. The van der Waals surface area contributed by atoms with Crippen LogP contribution < -0.4 is 5.73 Å². The zero-order valence-corrected chi connectivity index (χ0v) is 11.6. The van der Waals surface area contributed by atoms with Crippen LogP contribution in [0.25, 0.3) is 0 Å². The molecule has 0 amide bonds. The number of hydrogen-bond donors (Lipinski definition) is 1. The number of ketones is 1. The lowest BCUT2D eigenvalue weighted by molar-refractivity contribution is -0.123. The largest absolute Gasteiger partial charge is 0.327 e. The Hall–Kier alpha value is -0.930. The van der Waals surface area contributed by atoms with Crippen molar-refractivity contribution in [3.63, 3.8) is 0 Å². The molecule has 0 aliphatic heterocycles. The topological polar surface area (TPSA) is 43.1 Å². The minimum Gasteiger partial charge on any atom is -0.327 e. The predicted octanol–water partition coefficient (Wildman–Crippen LogP) is 3.50. The Morgan fingerprint density at radius 3 is 2.79 bits per heavy atom. The van der Waals surface area contributed by atoms with Crippen LogP contribution in [0.4, 0.5) is 4.39 Å². The molecule has 0 spiro atoms. The van der Waals surface area contributed by atoms with E-state index in [1.807, 2.05) is 0 Å². The van der Waals surface area contributed by atoms with Gasteiger partial charge >= 0.3 is 0 Å². The van der Waals surface area contributed by atoms with E-state index in [1.54, 1.807) is 12.1 Å². The lowest BCUT2D eigenvalue weighted by Crippen LogP contribution is -2.35. The van der Waals surface area contributed by atoms with E-state index in [2.05, 4.69) is 0 Å². The van der Waals surface area contributed by atoms with Crippen molar-refractivity contribution in [1.29, 1.82) is 0 Å². The molecule has 0 aromatic heterocycles. The minimum atomic E-state index is -0.414. The van der Waals surface area contributed by atoms with Crippen molar-refractivity contribution in [3.8, 4) is 0 Å². The maximum Gasteiger partial charge on any atom is 0.141 e. The predicted molar refractivity (Wildman–Crippen MR) is 74.7 cm³/mol. The monoisotopic (exact) mass is 283 g/mol. The van der Waals surface area contributed by atoms with Gasteiger partial charge in [-0.1, -0.05) is 36.9 Å². The molecule has 2 rings (SSSR count). The number of hydrogen-bond acceptors (Lipinski definition) is 2. The van der Waals surface area contributed by atoms with E-state index in [0.29, 0.717) is 10.6 Å². The third-order valence-electron chi connectivity index (χ3n) is 3.86. The molecule has 0 radical (unpaired) electrons. The van der Waals surface area contributed by atoms with Gasteiger partial charge in [-0.3, -0.25) is 4.79 Å². The summed E-state index contributed by atoms with van der Waals surface area (Å²) in [6.07, 6.45) is 5.08. The summed E-state index contributed by atoms with van der Waals surface area (Å²) in [5, 5.41) is 0.347. The minimum absolute atomic E-state index is 0.0515. The lowest BCUT2D eigenvalue weighted by Gasteiger charge is -2.20. The number of Topliss-reactive ketones (excluding diaryl/α,β-unsaturated/α-hetero) is 1. The molecule has 2 atom stereocenters. The summed E-state index contributed by atoms with van der Waals surface area (Å²) in [6.45, 7) is 0. The average Bonchev–Trinajstić information content (AvgIpc) is 2.57. The number of rotatable bonds is 3. The van der Waals surface area contributed by atoms with Crippen LogP contribution in [0.5, 0.6) is 0 Å². The Bertz CT molecular complexity index is 463. The Morgan fingerprint density at radius 1 is 1.32 bits per heavy atom. The molecule has 2 nitrogen and oxygen atoms in total. The van der Waals surface area contributed by atoms with E-state index in [-0.39, 0.29) is 24.2 Å². The number of nitrogens with two attached hydrogens (primary N) is 1. The second-order valence-electron chi connectivity index (χ2n) is 5.29. The van der Waals surface area contributed by atoms with E-state index in [4.69, 9.17) is 17.3 Å². The second-order valence-corrected chi connectivity index (χ2v) is 5.72. The molecule has 1 fully saturated rings. The van der Waals surface area contributed by atoms with Gasteiger partial charge in [0, 0.05) is 23.4 Å². The molecule has 1 aliphatic carbocycles. The molecular formula is C15H19ClFNO. The third kappa shape index (κ3) is 3.77. The van der Waals surface area contributed by atoms with E-state index < -0.39 is 5.82 Å².